The summed E-state index contributed by atoms with van der Waals surface area (Å²) in [5, 5.41) is 4.06. The molecule has 114 valence electrons. The Morgan fingerprint density at radius 2 is 1.63 bits per heavy atom. The van der Waals surface area contributed by atoms with Gasteiger partial charge in [0.1, 0.15) is 9.84 Å². The highest BCUT2D eigenvalue weighted by molar-refractivity contribution is 7.92. The standard InChI is InChI=1S/C8H18N2O6S3/c9-18(13,14)5-1-4-10-19(15,16)8-2-6-17(11,12)7-3-8/h8,10H,1-7H2,(H2,9,13,14). The third kappa shape index (κ3) is 6.17. The molecule has 1 aliphatic heterocycles. The Morgan fingerprint density at radius 3 is 2.11 bits per heavy atom. The topological polar surface area (TPSA) is 140 Å². The first kappa shape index (κ1) is 16.8. The van der Waals surface area contributed by atoms with Crippen molar-refractivity contribution in [2.24, 2.45) is 5.14 Å². The van der Waals surface area contributed by atoms with E-state index in [1.54, 1.807) is 0 Å². The van der Waals surface area contributed by atoms with Gasteiger partial charge < -0.3 is 0 Å². The van der Waals surface area contributed by atoms with E-state index in [0.717, 1.165) is 0 Å². The van der Waals surface area contributed by atoms with Gasteiger partial charge >= 0.3 is 0 Å². The third-order valence-corrected chi connectivity index (χ3v) is 7.38. The minimum Gasteiger partial charge on any atom is -0.229 e. The molecule has 1 aliphatic rings. The van der Waals surface area contributed by atoms with Crippen LogP contribution in [0.5, 0.6) is 0 Å². The Morgan fingerprint density at radius 1 is 1.11 bits per heavy atom. The van der Waals surface area contributed by atoms with Crippen LogP contribution in [-0.2, 0) is 29.9 Å². The summed E-state index contributed by atoms with van der Waals surface area (Å²) in [6.07, 6.45) is 0.239. The summed E-state index contributed by atoms with van der Waals surface area (Å²) in [6.45, 7) is -0.0258. The largest absolute Gasteiger partial charge is 0.229 e. The van der Waals surface area contributed by atoms with Crippen molar-refractivity contribution in [3.63, 3.8) is 0 Å². The quantitative estimate of drug-likeness (QED) is 0.547. The number of nitrogens with one attached hydrogen (secondary N) is 1. The van der Waals surface area contributed by atoms with Crippen LogP contribution in [0.4, 0.5) is 0 Å². The molecular weight excluding hydrogens is 316 g/mol. The highest BCUT2D eigenvalue weighted by atomic mass is 32.2. The molecule has 0 atom stereocenters. The number of rotatable bonds is 6. The normalized spacial score (nSPS) is 21.3. The maximum Gasteiger partial charge on any atom is 0.214 e. The molecule has 1 saturated heterocycles. The average molecular weight is 334 g/mol. The first-order chi connectivity index (χ1) is 8.52. The molecule has 0 saturated carbocycles. The number of primary sulfonamides is 1. The Hall–Kier alpha value is -0.230. The summed E-state index contributed by atoms with van der Waals surface area (Å²) in [5.41, 5.74) is 0. The second-order valence-corrected chi connectivity index (χ2v) is 10.6. The van der Waals surface area contributed by atoms with Crippen molar-refractivity contribution in [3.05, 3.63) is 0 Å². The fourth-order valence-electron chi connectivity index (χ4n) is 1.78. The van der Waals surface area contributed by atoms with Crippen molar-refractivity contribution < 1.29 is 25.3 Å². The van der Waals surface area contributed by atoms with Crippen LogP contribution in [0.25, 0.3) is 0 Å². The lowest BCUT2D eigenvalue weighted by Gasteiger charge is -2.22. The van der Waals surface area contributed by atoms with Crippen molar-refractivity contribution in [2.75, 3.05) is 23.8 Å². The molecule has 0 amide bonds. The van der Waals surface area contributed by atoms with E-state index >= 15 is 0 Å². The molecule has 0 bridgehead atoms. The molecule has 1 heterocycles. The molecule has 1 rings (SSSR count). The highest BCUT2D eigenvalue weighted by Gasteiger charge is 2.32. The number of sulfone groups is 1. The maximum absolute atomic E-state index is 11.8. The summed E-state index contributed by atoms with van der Waals surface area (Å²) in [5.74, 6) is -0.555. The molecule has 8 nitrogen and oxygen atoms in total. The molecule has 0 aliphatic carbocycles. The van der Waals surface area contributed by atoms with Gasteiger partial charge in [0.25, 0.3) is 0 Å². The van der Waals surface area contributed by atoms with Gasteiger partial charge in [-0.15, -0.1) is 0 Å². The van der Waals surface area contributed by atoms with Crippen LogP contribution in [-0.4, -0.2) is 54.3 Å². The van der Waals surface area contributed by atoms with Crippen LogP contribution in [0, 0.1) is 0 Å². The first-order valence-corrected chi connectivity index (χ1v) is 10.8. The van der Waals surface area contributed by atoms with Crippen LogP contribution in [0.1, 0.15) is 19.3 Å². The molecular formula is C8H18N2O6S3. The molecule has 11 heteroatoms. The van der Waals surface area contributed by atoms with Gasteiger partial charge in [-0.2, -0.15) is 0 Å². The monoisotopic (exact) mass is 334 g/mol. The van der Waals surface area contributed by atoms with E-state index in [-0.39, 0.29) is 43.1 Å². The SMILES string of the molecule is NS(=O)(=O)CCCNS(=O)(=O)C1CCS(=O)(=O)CC1. The zero-order chi connectivity index (χ0) is 14.7. The van der Waals surface area contributed by atoms with E-state index < -0.39 is 35.1 Å². The van der Waals surface area contributed by atoms with Gasteiger partial charge in [-0.3, -0.25) is 0 Å². The Kier molecular flexibility index (Phi) is 5.35. The lowest BCUT2D eigenvalue weighted by atomic mass is 10.2. The van der Waals surface area contributed by atoms with Gasteiger partial charge in [0.15, 0.2) is 0 Å². The van der Waals surface area contributed by atoms with Crippen molar-refractivity contribution in [2.45, 2.75) is 24.5 Å². The second-order valence-electron chi connectivity index (χ2n) is 4.51. The fourth-order valence-corrected chi connectivity index (χ4v) is 5.64. The average Bonchev–Trinajstić information content (AvgIpc) is 2.22. The van der Waals surface area contributed by atoms with Crippen LogP contribution in [0.15, 0.2) is 0 Å². The number of nitrogens with two attached hydrogens (primary N) is 1. The van der Waals surface area contributed by atoms with Crippen molar-refractivity contribution in [1.82, 2.24) is 4.72 Å². The van der Waals surface area contributed by atoms with Gasteiger partial charge in [-0.05, 0) is 19.3 Å². The summed E-state index contributed by atoms with van der Waals surface area (Å²) in [6, 6.07) is 0. The van der Waals surface area contributed by atoms with Crippen LogP contribution in [0.2, 0.25) is 0 Å². The van der Waals surface area contributed by atoms with Gasteiger partial charge in [0.05, 0.1) is 22.5 Å². The van der Waals surface area contributed by atoms with Crippen LogP contribution < -0.4 is 9.86 Å². The van der Waals surface area contributed by atoms with Crippen LogP contribution in [0.3, 0.4) is 0 Å². The Balaban J connectivity index is 2.45. The summed E-state index contributed by atoms with van der Waals surface area (Å²) in [4.78, 5) is 0. The maximum atomic E-state index is 11.8. The third-order valence-electron chi connectivity index (χ3n) is 2.85. The summed E-state index contributed by atoms with van der Waals surface area (Å²) in [7, 11) is -10.3. The smallest absolute Gasteiger partial charge is 0.214 e. The highest BCUT2D eigenvalue weighted by Crippen LogP contribution is 2.18. The van der Waals surface area contributed by atoms with E-state index in [9.17, 15) is 25.3 Å². The number of sulfonamides is 2. The van der Waals surface area contributed by atoms with Gasteiger partial charge in [0.2, 0.25) is 20.0 Å². The molecule has 0 aromatic heterocycles. The lowest BCUT2D eigenvalue weighted by Crippen LogP contribution is -2.40. The fraction of sp³-hybridized carbons (Fsp3) is 1.00. The van der Waals surface area contributed by atoms with Gasteiger partial charge in [0, 0.05) is 6.54 Å². The van der Waals surface area contributed by atoms with Gasteiger partial charge in [-0.1, -0.05) is 0 Å². The van der Waals surface area contributed by atoms with Crippen molar-refractivity contribution >= 4 is 29.9 Å². The minimum atomic E-state index is -3.60. The molecule has 0 radical (unpaired) electrons. The van der Waals surface area contributed by atoms with E-state index in [1.807, 2.05) is 0 Å². The first-order valence-electron chi connectivity index (χ1n) is 5.71. The minimum absolute atomic E-state index is 0.0258. The zero-order valence-electron chi connectivity index (χ0n) is 10.3. The van der Waals surface area contributed by atoms with E-state index in [4.69, 9.17) is 5.14 Å². The summed E-state index contributed by atoms with van der Waals surface area (Å²) >= 11 is 0. The molecule has 19 heavy (non-hydrogen) atoms. The molecule has 1 fully saturated rings. The predicted octanol–water partition coefficient (Wildman–Crippen LogP) is -1.84. The molecule has 0 aromatic rings. The van der Waals surface area contributed by atoms with E-state index in [2.05, 4.69) is 4.72 Å². The second kappa shape index (κ2) is 6.04. The molecule has 3 N–H and O–H groups in total. The number of hydrogen-bond donors (Lipinski definition) is 2. The van der Waals surface area contributed by atoms with Crippen molar-refractivity contribution in [3.8, 4) is 0 Å². The van der Waals surface area contributed by atoms with Gasteiger partial charge in [-0.25, -0.2) is 35.1 Å². The van der Waals surface area contributed by atoms with E-state index in [0.29, 0.717) is 0 Å². The number of hydrogen-bond acceptors (Lipinski definition) is 6. The molecule has 0 spiro atoms. The molecule has 0 unspecified atom stereocenters. The van der Waals surface area contributed by atoms with E-state index in [1.165, 1.54) is 0 Å². The van der Waals surface area contributed by atoms with Crippen LogP contribution >= 0.6 is 0 Å². The lowest BCUT2D eigenvalue weighted by molar-refractivity contribution is 0.541. The summed E-state index contributed by atoms with van der Waals surface area (Å²) < 4.78 is 69.7. The molecule has 0 aromatic carbocycles. The zero-order valence-corrected chi connectivity index (χ0v) is 12.7. The predicted molar refractivity (Wildman–Crippen MR) is 71.2 cm³/mol. The Bertz CT molecular complexity index is 593. The van der Waals surface area contributed by atoms with Crippen molar-refractivity contribution in [1.29, 1.82) is 0 Å². The Labute approximate surface area is 113 Å².